The van der Waals surface area contributed by atoms with Gasteiger partial charge in [0.15, 0.2) is 0 Å². The van der Waals surface area contributed by atoms with Crippen molar-refractivity contribution < 1.29 is 9.59 Å². The average Bonchev–Trinajstić information content (AvgIpc) is 2.59. The summed E-state index contributed by atoms with van der Waals surface area (Å²) >= 11 is 0. The van der Waals surface area contributed by atoms with Gasteiger partial charge in [-0.05, 0) is 42.2 Å². The molecule has 2 aromatic rings. The van der Waals surface area contributed by atoms with Crippen molar-refractivity contribution >= 4 is 17.5 Å². The molecule has 1 N–H and O–H groups in total. The van der Waals surface area contributed by atoms with Crippen molar-refractivity contribution in [1.29, 1.82) is 0 Å². The zero-order chi connectivity index (χ0) is 16.2. The fraction of sp³-hybridized carbons (Fsp3) is 0.263. The molecule has 3 rings (SSSR count). The lowest BCUT2D eigenvalue weighted by molar-refractivity contribution is -0.119. The predicted molar refractivity (Wildman–Crippen MR) is 90.4 cm³/mol. The van der Waals surface area contributed by atoms with Gasteiger partial charge in [0.1, 0.15) is 0 Å². The van der Waals surface area contributed by atoms with Gasteiger partial charge in [-0.15, -0.1) is 0 Å². The number of benzene rings is 2. The van der Waals surface area contributed by atoms with E-state index >= 15 is 0 Å². The number of para-hydroxylation sites is 1. The summed E-state index contributed by atoms with van der Waals surface area (Å²) in [4.78, 5) is 25.6. The lowest BCUT2D eigenvalue weighted by atomic mass is 10.0. The maximum atomic E-state index is 12.8. The van der Waals surface area contributed by atoms with Crippen LogP contribution in [0.4, 0.5) is 5.69 Å². The molecule has 118 valence electrons. The summed E-state index contributed by atoms with van der Waals surface area (Å²) in [7, 11) is 0. The maximum absolute atomic E-state index is 12.8. The first-order valence-corrected chi connectivity index (χ1v) is 7.88. The molecule has 1 aliphatic rings. The van der Waals surface area contributed by atoms with Crippen molar-refractivity contribution in [1.82, 2.24) is 5.32 Å². The number of nitrogens with one attached hydrogen (secondary N) is 1. The zero-order valence-electron chi connectivity index (χ0n) is 13.2. The number of amides is 2. The highest BCUT2D eigenvalue weighted by molar-refractivity contribution is 6.06. The first-order valence-electron chi connectivity index (χ1n) is 7.88. The second kappa shape index (κ2) is 6.65. The van der Waals surface area contributed by atoms with Crippen LogP contribution in [0.3, 0.4) is 0 Å². The molecule has 2 amide bonds. The van der Waals surface area contributed by atoms with E-state index in [1.807, 2.05) is 47.4 Å². The highest BCUT2D eigenvalue weighted by Crippen LogP contribution is 2.28. The zero-order valence-corrected chi connectivity index (χ0v) is 13.2. The molecule has 4 nitrogen and oxygen atoms in total. The minimum atomic E-state index is -0.0601. The van der Waals surface area contributed by atoms with E-state index in [2.05, 4.69) is 11.4 Å². The van der Waals surface area contributed by atoms with Gasteiger partial charge in [0.25, 0.3) is 5.91 Å². The Morgan fingerprint density at radius 2 is 1.83 bits per heavy atom. The molecule has 23 heavy (non-hydrogen) atoms. The first kappa shape index (κ1) is 15.3. The lowest BCUT2D eigenvalue weighted by Gasteiger charge is -2.29. The molecule has 0 atom stereocenters. The number of hydrogen-bond acceptors (Lipinski definition) is 2. The molecular formula is C19H20N2O2. The minimum absolute atomic E-state index is 0.0308. The number of fused-ring (bicyclic) bond motifs is 1. The van der Waals surface area contributed by atoms with Gasteiger partial charge in [0, 0.05) is 31.3 Å². The Morgan fingerprint density at radius 1 is 1.09 bits per heavy atom. The molecular weight excluding hydrogens is 288 g/mol. The highest BCUT2D eigenvalue weighted by Gasteiger charge is 2.22. The van der Waals surface area contributed by atoms with E-state index in [9.17, 15) is 9.59 Å². The van der Waals surface area contributed by atoms with Crippen LogP contribution in [0, 0.1) is 0 Å². The molecule has 0 saturated heterocycles. The van der Waals surface area contributed by atoms with Crippen molar-refractivity contribution in [2.45, 2.75) is 26.3 Å². The Bertz CT molecular complexity index is 722. The molecule has 0 radical (unpaired) electrons. The van der Waals surface area contributed by atoms with Crippen LogP contribution in [0.5, 0.6) is 0 Å². The Labute approximate surface area is 136 Å². The van der Waals surface area contributed by atoms with E-state index in [0.717, 1.165) is 30.6 Å². The van der Waals surface area contributed by atoms with Gasteiger partial charge >= 0.3 is 0 Å². The second-order valence-corrected chi connectivity index (χ2v) is 5.80. The monoisotopic (exact) mass is 308 g/mol. The third kappa shape index (κ3) is 3.42. The van der Waals surface area contributed by atoms with Crippen LogP contribution < -0.4 is 10.2 Å². The van der Waals surface area contributed by atoms with E-state index in [0.29, 0.717) is 12.1 Å². The van der Waals surface area contributed by atoms with Gasteiger partial charge < -0.3 is 10.2 Å². The molecule has 0 bridgehead atoms. The number of hydrogen-bond donors (Lipinski definition) is 1. The van der Waals surface area contributed by atoms with Crippen LogP contribution in [0.1, 0.15) is 34.8 Å². The van der Waals surface area contributed by atoms with Gasteiger partial charge in [0.05, 0.1) is 0 Å². The molecule has 0 saturated carbocycles. The number of anilines is 1. The summed E-state index contributed by atoms with van der Waals surface area (Å²) < 4.78 is 0. The van der Waals surface area contributed by atoms with Crippen LogP contribution in [-0.2, 0) is 17.8 Å². The molecule has 1 heterocycles. The maximum Gasteiger partial charge on any atom is 0.258 e. The van der Waals surface area contributed by atoms with Gasteiger partial charge in [-0.1, -0.05) is 30.3 Å². The number of aryl methyl sites for hydroxylation is 1. The summed E-state index contributed by atoms with van der Waals surface area (Å²) in [5.74, 6) is -0.0293. The molecule has 0 aromatic heterocycles. The Hall–Kier alpha value is -2.62. The van der Waals surface area contributed by atoms with E-state index in [1.54, 1.807) is 0 Å². The fourth-order valence-corrected chi connectivity index (χ4v) is 2.89. The third-order valence-electron chi connectivity index (χ3n) is 4.10. The SMILES string of the molecule is CC(=O)NCc1ccc(C(=O)N2CCCc3ccccc32)cc1. The van der Waals surface area contributed by atoms with Crippen molar-refractivity contribution in [2.75, 3.05) is 11.4 Å². The Kier molecular flexibility index (Phi) is 4.42. The number of carbonyl (C=O) groups excluding carboxylic acids is 2. The van der Waals surface area contributed by atoms with Gasteiger partial charge in [-0.2, -0.15) is 0 Å². The van der Waals surface area contributed by atoms with Crippen LogP contribution >= 0.6 is 0 Å². The average molecular weight is 308 g/mol. The van der Waals surface area contributed by atoms with Gasteiger partial charge in [-0.3, -0.25) is 9.59 Å². The molecule has 0 spiro atoms. The number of carbonyl (C=O) groups is 2. The highest BCUT2D eigenvalue weighted by atomic mass is 16.2. The van der Waals surface area contributed by atoms with E-state index in [4.69, 9.17) is 0 Å². The van der Waals surface area contributed by atoms with Crippen LogP contribution in [-0.4, -0.2) is 18.4 Å². The van der Waals surface area contributed by atoms with Crippen LogP contribution in [0.2, 0.25) is 0 Å². The van der Waals surface area contributed by atoms with Crippen molar-refractivity contribution in [3.05, 3.63) is 65.2 Å². The molecule has 0 aliphatic carbocycles. The predicted octanol–water partition coefficient (Wildman–Crippen LogP) is 2.92. The van der Waals surface area contributed by atoms with E-state index in [1.165, 1.54) is 12.5 Å². The summed E-state index contributed by atoms with van der Waals surface area (Å²) in [6.45, 7) is 2.73. The van der Waals surface area contributed by atoms with E-state index in [-0.39, 0.29) is 11.8 Å². The molecule has 1 aliphatic heterocycles. The summed E-state index contributed by atoms with van der Waals surface area (Å²) in [5.41, 5.74) is 3.91. The van der Waals surface area contributed by atoms with E-state index < -0.39 is 0 Å². The Balaban J connectivity index is 1.77. The van der Waals surface area contributed by atoms with Gasteiger partial charge in [0.2, 0.25) is 5.91 Å². The van der Waals surface area contributed by atoms with Crippen molar-refractivity contribution in [2.24, 2.45) is 0 Å². The molecule has 4 heteroatoms. The molecule has 2 aromatic carbocycles. The lowest BCUT2D eigenvalue weighted by Crippen LogP contribution is -2.35. The van der Waals surface area contributed by atoms with Crippen molar-refractivity contribution in [3.8, 4) is 0 Å². The van der Waals surface area contributed by atoms with Crippen LogP contribution in [0.15, 0.2) is 48.5 Å². The van der Waals surface area contributed by atoms with Crippen molar-refractivity contribution in [3.63, 3.8) is 0 Å². The molecule has 0 fully saturated rings. The summed E-state index contributed by atoms with van der Waals surface area (Å²) in [6.07, 6.45) is 2.01. The number of rotatable bonds is 3. The first-order chi connectivity index (χ1) is 11.1. The summed E-state index contributed by atoms with van der Waals surface area (Å²) in [6, 6.07) is 15.5. The second-order valence-electron chi connectivity index (χ2n) is 5.80. The third-order valence-corrected chi connectivity index (χ3v) is 4.10. The number of nitrogens with zero attached hydrogens (tertiary/aromatic N) is 1. The standard InChI is InChI=1S/C19H20N2O2/c1-14(22)20-13-15-8-10-17(11-9-15)19(23)21-12-4-6-16-5-2-3-7-18(16)21/h2-3,5,7-11H,4,6,12-13H2,1H3,(H,20,22). The quantitative estimate of drug-likeness (QED) is 0.948. The van der Waals surface area contributed by atoms with Crippen LogP contribution in [0.25, 0.3) is 0 Å². The topological polar surface area (TPSA) is 49.4 Å². The summed E-state index contributed by atoms with van der Waals surface area (Å²) in [5, 5.41) is 2.75. The fourth-order valence-electron chi connectivity index (χ4n) is 2.89. The Morgan fingerprint density at radius 3 is 2.57 bits per heavy atom. The normalized spacial score (nSPS) is 13.3. The smallest absolute Gasteiger partial charge is 0.258 e. The minimum Gasteiger partial charge on any atom is -0.352 e. The largest absolute Gasteiger partial charge is 0.352 e. The molecule has 0 unspecified atom stereocenters. The van der Waals surface area contributed by atoms with Gasteiger partial charge in [-0.25, -0.2) is 0 Å².